The summed E-state index contributed by atoms with van der Waals surface area (Å²) in [5.41, 5.74) is 0.923. The van der Waals surface area contributed by atoms with Gasteiger partial charge in [-0.15, -0.1) is 0 Å². The zero-order valence-corrected chi connectivity index (χ0v) is 16.3. The fourth-order valence-corrected chi connectivity index (χ4v) is 3.68. The predicted molar refractivity (Wildman–Crippen MR) is 104 cm³/mol. The molecule has 28 heavy (non-hydrogen) atoms. The van der Waals surface area contributed by atoms with Crippen molar-refractivity contribution in [3.8, 4) is 11.5 Å². The first-order chi connectivity index (χ1) is 13.7. The van der Waals surface area contributed by atoms with Crippen LogP contribution in [0, 0.1) is 0 Å². The summed E-state index contributed by atoms with van der Waals surface area (Å²) < 4.78 is 10.8. The second-order valence-electron chi connectivity index (χ2n) is 7.31. The van der Waals surface area contributed by atoms with Crippen LogP contribution < -0.4 is 0 Å². The monoisotopic (exact) mass is 385 g/mol. The van der Waals surface area contributed by atoms with Gasteiger partial charge in [-0.05, 0) is 19.1 Å². The topological polar surface area (TPSA) is 74.9 Å². The number of benzene rings is 1. The zero-order valence-electron chi connectivity index (χ0n) is 16.3. The summed E-state index contributed by atoms with van der Waals surface area (Å²) in [7, 11) is 0. The van der Waals surface area contributed by atoms with Crippen LogP contribution >= 0.6 is 0 Å². The number of carbonyl (C=O) groups is 1. The summed E-state index contributed by atoms with van der Waals surface area (Å²) in [6.45, 7) is 8.77. The molecule has 0 radical (unpaired) electrons. The Labute approximate surface area is 165 Å². The quantitative estimate of drug-likeness (QED) is 0.767. The van der Waals surface area contributed by atoms with E-state index in [1.54, 1.807) is 0 Å². The number of carbonyl (C=O) groups excluding carboxylic acids is 1. The smallest absolute Gasteiger partial charge is 0.257 e. The molecule has 3 heterocycles. The van der Waals surface area contributed by atoms with Crippen molar-refractivity contribution >= 4 is 5.91 Å². The second kappa shape index (κ2) is 8.81. The number of rotatable bonds is 5. The fourth-order valence-electron chi connectivity index (χ4n) is 3.68. The molecule has 8 heteroatoms. The molecule has 0 aliphatic carbocycles. The van der Waals surface area contributed by atoms with Crippen molar-refractivity contribution in [1.82, 2.24) is 24.8 Å². The van der Waals surface area contributed by atoms with E-state index in [0.717, 1.165) is 44.8 Å². The summed E-state index contributed by atoms with van der Waals surface area (Å²) in [4.78, 5) is 23.6. The van der Waals surface area contributed by atoms with Crippen LogP contribution in [0.3, 0.4) is 0 Å². The number of morpholine rings is 1. The minimum atomic E-state index is 0.0534. The van der Waals surface area contributed by atoms with Crippen LogP contribution in [-0.4, -0.2) is 89.8 Å². The molecule has 2 saturated heterocycles. The van der Waals surface area contributed by atoms with Crippen LogP contribution in [0.5, 0.6) is 0 Å². The standard InChI is InChI=1S/C20H27N5O3/c1-16(19-21-20(28-22-19)17-5-3-2-4-6-17)24-7-9-25(10-8-24)18(26)15-23-11-13-27-14-12-23/h2-6,16H,7-15H2,1H3/t16-/m0/s1. The van der Waals surface area contributed by atoms with Gasteiger partial charge in [0.1, 0.15) is 0 Å². The van der Waals surface area contributed by atoms with Gasteiger partial charge in [-0.3, -0.25) is 14.6 Å². The minimum absolute atomic E-state index is 0.0534. The van der Waals surface area contributed by atoms with Crippen LogP contribution in [0.1, 0.15) is 18.8 Å². The lowest BCUT2D eigenvalue weighted by Gasteiger charge is -2.38. The summed E-state index contributed by atoms with van der Waals surface area (Å²) >= 11 is 0. The predicted octanol–water partition coefficient (Wildman–Crippen LogP) is 1.27. The van der Waals surface area contributed by atoms with Crippen molar-refractivity contribution in [3.05, 3.63) is 36.2 Å². The number of nitrogens with zero attached hydrogens (tertiary/aromatic N) is 5. The van der Waals surface area contributed by atoms with E-state index >= 15 is 0 Å². The molecule has 2 fully saturated rings. The third-order valence-electron chi connectivity index (χ3n) is 5.51. The molecule has 150 valence electrons. The van der Waals surface area contributed by atoms with E-state index in [9.17, 15) is 4.79 Å². The summed E-state index contributed by atoms with van der Waals surface area (Å²) in [6, 6.07) is 9.84. The van der Waals surface area contributed by atoms with Crippen LogP contribution in [0.4, 0.5) is 0 Å². The van der Waals surface area contributed by atoms with Crippen LogP contribution in [0.15, 0.2) is 34.9 Å². The number of hydrogen-bond acceptors (Lipinski definition) is 7. The van der Waals surface area contributed by atoms with Crippen molar-refractivity contribution < 1.29 is 14.1 Å². The maximum Gasteiger partial charge on any atom is 0.257 e. The van der Waals surface area contributed by atoms with Gasteiger partial charge in [0.15, 0.2) is 5.82 Å². The molecule has 0 unspecified atom stereocenters. The lowest BCUT2D eigenvalue weighted by Crippen LogP contribution is -2.52. The van der Waals surface area contributed by atoms with Crippen LogP contribution in [0.2, 0.25) is 0 Å². The summed E-state index contributed by atoms with van der Waals surface area (Å²) in [5.74, 6) is 1.44. The molecule has 2 aliphatic heterocycles. The highest BCUT2D eigenvalue weighted by molar-refractivity contribution is 5.78. The van der Waals surface area contributed by atoms with Crippen molar-refractivity contribution in [1.29, 1.82) is 0 Å². The highest BCUT2D eigenvalue weighted by Gasteiger charge is 2.28. The molecule has 4 rings (SSSR count). The van der Waals surface area contributed by atoms with Gasteiger partial charge in [-0.1, -0.05) is 23.4 Å². The molecule has 0 bridgehead atoms. The average molecular weight is 385 g/mol. The van der Waals surface area contributed by atoms with Crippen molar-refractivity contribution in [2.45, 2.75) is 13.0 Å². The highest BCUT2D eigenvalue weighted by atomic mass is 16.5. The maximum absolute atomic E-state index is 12.6. The highest BCUT2D eigenvalue weighted by Crippen LogP contribution is 2.23. The number of ether oxygens (including phenoxy) is 1. The van der Waals surface area contributed by atoms with E-state index in [2.05, 4.69) is 26.9 Å². The first kappa shape index (κ1) is 19.0. The van der Waals surface area contributed by atoms with Gasteiger partial charge in [0, 0.05) is 44.8 Å². The summed E-state index contributed by atoms with van der Waals surface area (Å²) in [6.07, 6.45) is 0. The third-order valence-corrected chi connectivity index (χ3v) is 5.51. The van der Waals surface area contributed by atoms with Crippen molar-refractivity contribution in [2.75, 3.05) is 59.0 Å². The maximum atomic E-state index is 12.6. The molecule has 0 saturated carbocycles. The Morgan fingerprint density at radius 3 is 2.50 bits per heavy atom. The van der Waals surface area contributed by atoms with Crippen LogP contribution in [0.25, 0.3) is 11.5 Å². The van der Waals surface area contributed by atoms with Crippen LogP contribution in [-0.2, 0) is 9.53 Å². The Balaban J connectivity index is 1.30. The number of amides is 1. The molecule has 1 atom stereocenters. The summed E-state index contributed by atoms with van der Waals surface area (Å²) in [5, 5.41) is 4.17. The van der Waals surface area contributed by atoms with Gasteiger partial charge >= 0.3 is 0 Å². The molecule has 1 amide bonds. The van der Waals surface area contributed by atoms with E-state index in [1.165, 1.54) is 0 Å². The van der Waals surface area contributed by atoms with E-state index in [1.807, 2.05) is 35.2 Å². The van der Waals surface area contributed by atoms with Gasteiger partial charge in [0.25, 0.3) is 5.89 Å². The van der Waals surface area contributed by atoms with E-state index in [-0.39, 0.29) is 11.9 Å². The molecule has 8 nitrogen and oxygen atoms in total. The lowest BCUT2D eigenvalue weighted by atomic mass is 10.2. The van der Waals surface area contributed by atoms with Crippen molar-refractivity contribution in [3.63, 3.8) is 0 Å². The first-order valence-electron chi connectivity index (χ1n) is 9.91. The van der Waals surface area contributed by atoms with Gasteiger partial charge < -0.3 is 14.2 Å². The Bertz CT molecular complexity index is 767. The molecular weight excluding hydrogens is 358 g/mol. The van der Waals surface area contributed by atoms with Gasteiger partial charge in [0.2, 0.25) is 5.91 Å². The number of aromatic nitrogens is 2. The van der Waals surface area contributed by atoms with Crippen molar-refractivity contribution in [2.24, 2.45) is 0 Å². The number of hydrogen-bond donors (Lipinski definition) is 0. The fraction of sp³-hybridized carbons (Fsp3) is 0.550. The normalized spacial score (nSPS) is 20.2. The first-order valence-corrected chi connectivity index (χ1v) is 9.91. The molecule has 0 N–H and O–H groups in total. The molecular formula is C20H27N5O3. The lowest BCUT2D eigenvalue weighted by molar-refractivity contribution is -0.135. The molecule has 0 spiro atoms. The zero-order chi connectivity index (χ0) is 19.3. The SMILES string of the molecule is C[C@@H](c1noc(-c2ccccc2)n1)N1CCN(C(=O)CN2CCOCC2)CC1. The minimum Gasteiger partial charge on any atom is -0.379 e. The Morgan fingerprint density at radius 1 is 1.07 bits per heavy atom. The van der Waals surface area contributed by atoms with E-state index in [0.29, 0.717) is 31.5 Å². The largest absolute Gasteiger partial charge is 0.379 e. The average Bonchev–Trinajstić information content (AvgIpc) is 3.25. The van der Waals surface area contributed by atoms with Gasteiger partial charge in [-0.2, -0.15) is 4.98 Å². The van der Waals surface area contributed by atoms with E-state index in [4.69, 9.17) is 9.26 Å². The third kappa shape index (κ3) is 4.40. The Morgan fingerprint density at radius 2 is 1.79 bits per heavy atom. The Hall–Kier alpha value is -2.29. The number of piperazine rings is 1. The second-order valence-corrected chi connectivity index (χ2v) is 7.31. The Kier molecular flexibility index (Phi) is 5.99. The molecule has 1 aromatic heterocycles. The van der Waals surface area contributed by atoms with Gasteiger partial charge in [-0.25, -0.2) is 0 Å². The van der Waals surface area contributed by atoms with E-state index < -0.39 is 0 Å². The molecule has 2 aliphatic rings. The molecule has 2 aromatic rings. The molecule has 1 aromatic carbocycles. The van der Waals surface area contributed by atoms with Gasteiger partial charge in [0.05, 0.1) is 25.8 Å².